The Bertz CT molecular complexity index is 764. The monoisotopic (exact) mass is 395 g/mol. The fourth-order valence-electron chi connectivity index (χ4n) is 1.90. The first-order valence-electron chi connectivity index (χ1n) is 5.63. The predicted molar refractivity (Wildman–Crippen MR) is 81.0 cm³/mol. The zero-order valence-electron chi connectivity index (χ0n) is 9.91. The third-order valence-corrected chi connectivity index (χ3v) is 4.07. The lowest BCUT2D eigenvalue weighted by Gasteiger charge is -2.16. The number of carbonyl (C=O) groups excluding carboxylic acids is 2. The summed E-state index contributed by atoms with van der Waals surface area (Å²) in [6.07, 6.45) is 1.34. The number of halogens is 2. The van der Waals surface area contributed by atoms with Crippen LogP contribution in [0.15, 0.2) is 45.2 Å². The molecule has 0 saturated heterocycles. The molecule has 0 radical (unpaired) electrons. The lowest BCUT2D eigenvalue weighted by Crippen LogP contribution is -2.24. The largest absolute Gasteiger partial charge is 0.351 e. The zero-order valence-corrected chi connectivity index (χ0v) is 13.1. The van der Waals surface area contributed by atoms with E-state index in [-0.39, 0.29) is 33.1 Å². The quantitative estimate of drug-likeness (QED) is 0.816. The van der Waals surface area contributed by atoms with E-state index in [1.54, 1.807) is 6.07 Å². The van der Waals surface area contributed by atoms with E-state index >= 15 is 0 Å². The summed E-state index contributed by atoms with van der Waals surface area (Å²) in [7, 11) is 0. The van der Waals surface area contributed by atoms with Gasteiger partial charge in [0.2, 0.25) is 11.6 Å². The number of carbonyl (C=O) groups is 2. The number of ketones is 2. The molecule has 2 N–H and O–H groups in total. The number of nitrogens with one attached hydrogen (secondary N) is 2. The van der Waals surface area contributed by atoms with Gasteiger partial charge in [-0.2, -0.15) is 0 Å². The van der Waals surface area contributed by atoms with Crippen molar-refractivity contribution in [2.24, 2.45) is 0 Å². The van der Waals surface area contributed by atoms with E-state index in [0.717, 1.165) is 4.47 Å². The lowest BCUT2D eigenvalue weighted by molar-refractivity contribution is 0.0978. The SMILES string of the molecule is O=C1C(Nc2cccc(Br)c2)=C(Br)C(=O)c2[nH]cnc21. The van der Waals surface area contributed by atoms with Crippen LogP contribution in [0.25, 0.3) is 0 Å². The van der Waals surface area contributed by atoms with Crippen molar-refractivity contribution < 1.29 is 9.59 Å². The average Bonchev–Trinajstić information content (AvgIpc) is 2.91. The van der Waals surface area contributed by atoms with E-state index < -0.39 is 0 Å². The van der Waals surface area contributed by atoms with Gasteiger partial charge in [-0.3, -0.25) is 9.59 Å². The Kier molecular flexibility index (Phi) is 3.31. The molecule has 0 atom stereocenters. The molecule has 1 aliphatic carbocycles. The Morgan fingerprint density at radius 2 is 1.95 bits per heavy atom. The van der Waals surface area contributed by atoms with Crippen LogP contribution in [0.4, 0.5) is 5.69 Å². The summed E-state index contributed by atoms with van der Waals surface area (Å²) in [6.45, 7) is 0. The Balaban J connectivity index is 2.03. The molecule has 1 aromatic heterocycles. The summed E-state index contributed by atoms with van der Waals surface area (Å²) >= 11 is 6.53. The Morgan fingerprint density at radius 1 is 1.15 bits per heavy atom. The van der Waals surface area contributed by atoms with E-state index in [0.29, 0.717) is 5.69 Å². The smallest absolute Gasteiger partial charge is 0.231 e. The topological polar surface area (TPSA) is 74.8 Å². The van der Waals surface area contributed by atoms with E-state index in [1.165, 1.54) is 6.33 Å². The van der Waals surface area contributed by atoms with E-state index in [4.69, 9.17) is 0 Å². The number of allylic oxidation sites excluding steroid dienone is 2. The molecular formula is C13H7Br2N3O2. The number of benzene rings is 1. The molecule has 100 valence electrons. The van der Waals surface area contributed by atoms with E-state index in [1.807, 2.05) is 18.2 Å². The normalized spacial score (nSPS) is 14.5. The number of fused-ring (bicyclic) bond motifs is 1. The zero-order chi connectivity index (χ0) is 14.3. The first kappa shape index (κ1) is 13.3. The molecule has 0 bridgehead atoms. The van der Waals surface area contributed by atoms with Crippen LogP contribution < -0.4 is 5.32 Å². The molecule has 7 heteroatoms. The average molecular weight is 397 g/mol. The second kappa shape index (κ2) is 4.99. The summed E-state index contributed by atoms with van der Waals surface area (Å²) in [5.74, 6) is -0.623. The molecule has 0 saturated carbocycles. The second-order valence-electron chi connectivity index (χ2n) is 4.11. The maximum absolute atomic E-state index is 12.3. The number of nitrogens with zero attached hydrogens (tertiary/aromatic N) is 1. The van der Waals surface area contributed by atoms with Crippen LogP contribution in [0, 0.1) is 0 Å². The van der Waals surface area contributed by atoms with Gasteiger partial charge in [0.1, 0.15) is 17.1 Å². The Labute approximate surface area is 130 Å². The molecule has 5 nitrogen and oxygen atoms in total. The highest BCUT2D eigenvalue weighted by atomic mass is 79.9. The standard InChI is InChI=1S/C13H7Br2N3O2/c14-6-2-1-3-7(4-6)18-9-8(15)12(19)10-11(13(9)20)17-5-16-10/h1-5,18H,(H,16,17). The number of H-pyrrole nitrogens is 1. The third-order valence-electron chi connectivity index (χ3n) is 2.82. The van der Waals surface area contributed by atoms with Crippen molar-refractivity contribution in [2.45, 2.75) is 0 Å². The number of anilines is 1. The van der Waals surface area contributed by atoms with Gasteiger partial charge in [0.05, 0.1) is 10.8 Å². The van der Waals surface area contributed by atoms with E-state index in [9.17, 15) is 9.59 Å². The van der Waals surface area contributed by atoms with E-state index in [2.05, 4.69) is 47.1 Å². The molecule has 1 aliphatic rings. The van der Waals surface area contributed by atoms with Crippen molar-refractivity contribution in [3.8, 4) is 0 Å². The van der Waals surface area contributed by atoms with Crippen LogP contribution in [0.3, 0.4) is 0 Å². The predicted octanol–water partition coefficient (Wildman–Crippen LogP) is 3.27. The van der Waals surface area contributed by atoms with Gasteiger partial charge in [0.25, 0.3) is 0 Å². The molecule has 0 aliphatic heterocycles. The van der Waals surface area contributed by atoms with Gasteiger partial charge in [-0.1, -0.05) is 22.0 Å². The number of hydrogen-bond acceptors (Lipinski definition) is 4. The second-order valence-corrected chi connectivity index (χ2v) is 5.82. The maximum Gasteiger partial charge on any atom is 0.231 e. The summed E-state index contributed by atoms with van der Waals surface area (Å²) in [5.41, 5.74) is 1.23. The van der Waals surface area contributed by atoms with Gasteiger partial charge in [-0.15, -0.1) is 0 Å². The molecule has 0 spiro atoms. The fourth-order valence-corrected chi connectivity index (χ4v) is 2.78. The summed E-state index contributed by atoms with van der Waals surface area (Å²) < 4.78 is 1.06. The van der Waals surface area contributed by atoms with Crippen molar-refractivity contribution in [1.29, 1.82) is 0 Å². The van der Waals surface area contributed by atoms with Crippen LogP contribution in [0.1, 0.15) is 21.0 Å². The molecule has 1 aromatic carbocycles. The lowest BCUT2D eigenvalue weighted by atomic mass is 10.0. The van der Waals surface area contributed by atoms with Crippen LogP contribution in [0.2, 0.25) is 0 Å². The molecule has 20 heavy (non-hydrogen) atoms. The van der Waals surface area contributed by atoms with Crippen molar-refractivity contribution >= 4 is 49.1 Å². The third kappa shape index (κ3) is 2.12. The number of hydrogen-bond donors (Lipinski definition) is 2. The summed E-state index contributed by atoms with van der Waals surface area (Å²) in [5, 5.41) is 2.96. The minimum absolute atomic E-state index is 0.135. The number of rotatable bonds is 2. The number of imidazole rings is 1. The van der Waals surface area contributed by atoms with Crippen LogP contribution >= 0.6 is 31.9 Å². The van der Waals surface area contributed by atoms with Gasteiger partial charge in [0.15, 0.2) is 0 Å². The number of aromatic amines is 1. The first-order chi connectivity index (χ1) is 9.58. The Hall–Kier alpha value is -1.73. The van der Waals surface area contributed by atoms with Gasteiger partial charge >= 0.3 is 0 Å². The maximum atomic E-state index is 12.3. The molecule has 2 aromatic rings. The molecular weight excluding hydrogens is 390 g/mol. The highest BCUT2D eigenvalue weighted by molar-refractivity contribution is 9.12. The van der Waals surface area contributed by atoms with Crippen LogP contribution in [-0.4, -0.2) is 21.5 Å². The van der Waals surface area contributed by atoms with Gasteiger partial charge < -0.3 is 10.3 Å². The molecule has 0 amide bonds. The summed E-state index contributed by atoms with van der Waals surface area (Å²) in [6, 6.07) is 7.31. The fraction of sp³-hybridized carbons (Fsp3) is 0. The van der Waals surface area contributed by atoms with Crippen LogP contribution in [0.5, 0.6) is 0 Å². The number of aromatic nitrogens is 2. The first-order valence-corrected chi connectivity index (χ1v) is 7.21. The Morgan fingerprint density at radius 3 is 2.70 bits per heavy atom. The highest BCUT2D eigenvalue weighted by Crippen LogP contribution is 2.29. The minimum atomic E-state index is -0.326. The molecule has 0 unspecified atom stereocenters. The van der Waals surface area contributed by atoms with Crippen molar-refractivity contribution in [3.63, 3.8) is 0 Å². The molecule has 0 fully saturated rings. The van der Waals surface area contributed by atoms with Gasteiger partial charge in [0, 0.05) is 10.2 Å². The van der Waals surface area contributed by atoms with Crippen molar-refractivity contribution in [1.82, 2.24) is 9.97 Å². The molecule has 1 heterocycles. The van der Waals surface area contributed by atoms with Crippen LogP contribution in [-0.2, 0) is 0 Å². The number of Topliss-reactive ketones (excluding diaryl/α,β-unsaturated/α-hetero) is 2. The van der Waals surface area contributed by atoms with Gasteiger partial charge in [-0.25, -0.2) is 4.98 Å². The minimum Gasteiger partial charge on any atom is -0.351 e. The highest BCUT2D eigenvalue weighted by Gasteiger charge is 2.33. The molecule has 3 rings (SSSR count). The van der Waals surface area contributed by atoms with Crippen molar-refractivity contribution in [3.05, 3.63) is 56.6 Å². The van der Waals surface area contributed by atoms with Crippen molar-refractivity contribution in [2.75, 3.05) is 5.32 Å². The van der Waals surface area contributed by atoms with Gasteiger partial charge in [-0.05, 0) is 34.1 Å². The summed E-state index contributed by atoms with van der Waals surface area (Å²) in [4.78, 5) is 31.0.